The van der Waals surface area contributed by atoms with Crippen molar-refractivity contribution in [1.29, 1.82) is 0 Å². The lowest BCUT2D eigenvalue weighted by Gasteiger charge is -2.41. The third kappa shape index (κ3) is 3.56. The van der Waals surface area contributed by atoms with Gasteiger partial charge in [0.25, 0.3) is 0 Å². The highest BCUT2D eigenvalue weighted by Crippen LogP contribution is 2.35. The standard InChI is InChI=1S/C21H25FN8O/c1-13-25-18-10-15(22)16(11-30(18)27-13)26-20(31)29-8-5-14-17(4-6-23-19(14)29)28-9-7-24-21(2,3)12-28/h4,6,10-11,24H,5,7-9,12H2,1-3H3,(H,26,31). The summed E-state index contributed by atoms with van der Waals surface area (Å²) in [6.07, 6.45) is 3.88. The van der Waals surface area contributed by atoms with Crippen molar-refractivity contribution in [1.82, 2.24) is 24.9 Å². The van der Waals surface area contributed by atoms with Crippen molar-refractivity contribution >= 4 is 28.9 Å². The van der Waals surface area contributed by atoms with E-state index in [1.807, 2.05) is 6.07 Å². The molecule has 0 unspecified atom stereocenters. The van der Waals surface area contributed by atoms with Gasteiger partial charge in [-0.1, -0.05) is 0 Å². The van der Waals surface area contributed by atoms with Crippen LogP contribution in [0.15, 0.2) is 24.5 Å². The summed E-state index contributed by atoms with van der Waals surface area (Å²) >= 11 is 0. The summed E-state index contributed by atoms with van der Waals surface area (Å²) in [7, 11) is 0. The number of urea groups is 1. The van der Waals surface area contributed by atoms with Crippen LogP contribution in [-0.2, 0) is 6.42 Å². The lowest BCUT2D eigenvalue weighted by molar-refractivity contribution is 0.257. The first-order valence-corrected chi connectivity index (χ1v) is 10.4. The highest BCUT2D eigenvalue weighted by molar-refractivity contribution is 6.03. The van der Waals surface area contributed by atoms with Crippen LogP contribution in [0.25, 0.3) is 5.65 Å². The van der Waals surface area contributed by atoms with Crippen LogP contribution in [0.1, 0.15) is 25.2 Å². The molecule has 0 radical (unpaired) electrons. The predicted molar refractivity (Wildman–Crippen MR) is 116 cm³/mol. The minimum absolute atomic E-state index is 0.0138. The zero-order valence-corrected chi connectivity index (χ0v) is 17.8. The van der Waals surface area contributed by atoms with E-state index >= 15 is 0 Å². The second-order valence-electron chi connectivity index (χ2n) is 8.69. The van der Waals surface area contributed by atoms with E-state index in [0.717, 1.165) is 30.9 Å². The molecule has 2 N–H and O–H groups in total. The Labute approximate surface area is 179 Å². The predicted octanol–water partition coefficient (Wildman–Crippen LogP) is 2.35. The molecule has 9 nitrogen and oxygen atoms in total. The smallest absolute Gasteiger partial charge is 0.327 e. The number of carbonyl (C=O) groups is 1. The summed E-state index contributed by atoms with van der Waals surface area (Å²) in [5.41, 5.74) is 2.62. The van der Waals surface area contributed by atoms with Crippen LogP contribution in [-0.4, -0.2) is 57.3 Å². The first kappa shape index (κ1) is 19.7. The van der Waals surface area contributed by atoms with Gasteiger partial charge in [-0.3, -0.25) is 4.90 Å². The Morgan fingerprint density at radius 3 is 2.97 bits per heavy atom. The third-order valence-corrected chi connectivity index (χ3v) is 5.78. The molecule has 0 bridgehead atoms. The summed E-state index contributed by atoms with van der Waals surface area (Å²) in [6, 6.07) is 2.86. The van der Waals surface area contributed by atoms with Crippen LogP contribution in [0, 0.1) is 12.7 Å². The summed E-state index contributed by atoms with van der Waals surface area (Å²) < 4.78 is 16.0. The van der Waals surface area contributed by atoms with Crippen molar-refractivity contribution in [2.24, 2.45) is 0 Å². The van der Waals surface area contributed by atoms with Gasteiger partial charge < -0.3 is 15.5 Å². The number of hydrogen-bond acceptors (Lipinski definition) is 6. The van der Waals surface area contributed by atoms with E-state index in [4.69, 9.17) is 0 Å². The molecule has 1 saturated heterocycles. The second kappa shape index (κ2) is 7.16. The molecule has 1 fully saturated rings. The third-order valence-electron chi connectivity index (χ3n) is 5.78. The van der Waals surface area contributed by atoms with E-state index < -0.39 is 11.8 Å². The van der Waals surface area contributed by atoms with E-state index in [0.29, 0.717) is 30.3 Å². The molecule has 0 atom stereocenters. The Hall–Kier alpha value is -3.27. The van der Waals surface area contributed by atoms with Crippen LogP contribution < -0.4 is 20.4 Å². The molecule has 31 heavy (non-hydrogen) atoms. The molecule has 5 rings (SSSR count). The number of anilines is 3. The SMILES string of the molecule is Cc1nc2cc(F)c(NC(=O)N3CCc4c(N5CCNC(C)(C)C5)ccnc43)cn2n1. The largest absolute Gasteiger partial charge is 0.368 e. The van der Waals surface area contributed by atoms with Crippen molar-refractivity contribution in [2.45, 2.75) is 32.7 Å². The number of aromatic nitrogens is 4. The number of amides is 2. The molecule has 3 aromatic rings. The quantitative estimate of drug-likeness (QED) is 0.656. The maximum absolute atomic E-state index is 14.5. The molecule has 0 aromatic carbocycles. The Kier molecular flexibility index (Phi) is 4.54. The second-order valence-corrected chi connectivity index (χ2v) is 8.69. The Balaban J connectivity index is 1.40. The summed E-state index contributed by atoms with van der Waals surface area (Å²) in [6.45, 7) is 9.26. The van der Waals surface area contributed by atoms with Gasteiger partial charge in [-0.25, -0.2) is 23.7 Å². The summed E-state index contributed by atoms with van der Waals surface area (Å²) in [4.78, 5) is 25.5. The van der Waals surface area contributed by atoms with Gasteiger partial charge in [0.05, 0.1) is 11.9 Å². The number of fused-ring (bicyclic) bond motifs is 2. The van der Waals surface area contributed by atoms with Crippen molar-refractivity contribution in [3.05, 3.63) is 41.7 Å². The van der Waals surface area contributed by atoms with E-state index in [1.54, 1.807) is 18.0 Å². The first-order valence-electron chi connectivity index (χ1n) is 10.4. The van der Waals surface area contributed by atoms with E-state index in [9.17, 15) is 9.18 Å². The lowest BCUT2D eigenvalue weighted by atomic mass is 10.0. The van der Waals surface area contributed by atoms with Gasteiger partial charge in [0, 0.05) is 55.2 Å². The maximum Gasteiger partial charge on any atom is 0.327 e. The number of nitrogens with one attached hydrogen (secondary N) is 2. The Morgan fingerprint density at radius 1 is 1.32 bits per heavy atom. The van der Waals surface area contributed by atoms with E-state index in [-0.39, 0.29) is 11.2 Å². The average molecular weight is 424 g/mol. The van der Waals surface area contributed by atoms with Gasteiger partial charge in [0.2, 0.25) is 0 Å². The lowest BCUT2D eigenvalue weighted by Crippen LogP contribution is -2.57. The average Bonchev–Trinajstić information content (AvgIpc) is 3.29. The molecule has 162 valence electrons. The Bertz CT molecular complexity index is 1170. The fourth-order valence-electron chi connectivity index (χ4n) is 4.40. The minimum atomic E-state index is -0.558. The molecular weight excluding hydrogens is 399 g/mol. The van der Waals surface area contributed by atoms with E-state index in [2.05, 4.69) is 44.4 Å². The molecule has 2 aliphatic rings. The van der Waals surface area contributed by atoms with E-state index in [1.165, 1.54) is 16.8 Å². The highest BCUT2D eigenvalue weighted by Gasteiger charge is 2.32. The van der Waals surface area contributed by atoms with Crippen LogP contribution in [0.4, 0.5) is 26.4 Å². The fraction of sp³-hybridized carbons (Fsp3) is 0.429. The van der Waals surface area contributed by atoms with Gasteiger partial charge in [0.15, 0.2) is 11.5 Å². The van der Waals surface area contributed by atoms with Crippen molar-refractivity contribution < 1.29 is 9.18 Å². The van der Waals surface area contributed by atoms with Gasteiger partial charge in [-0.15, -0.1) is 0 Å². The first-order chi connectivity index (χ1) is 14.8. The zero-order valence-electron chi connectivity index (χ0n) is 17.8. The summed E-state index contributed by atoms with van der Waals surface area (Å²) in [5, 5.41) is 10.4. The van der Waals surface area contributed by atoms with Crippen LogP contribution in [0.5, 0.6) is 0 Å². The van der Waals surface area contributed by atoms with Gasteiger partial charge in [-0.05, 0) is 33.3 Å². The minimum Gasteiger partial charge on any atom is -0.368 e. The number of halogens is 1. The molecule has 0 spiro atoms. The molecule has 3 aromatic heterocycles. The number of rotatable bonds is 2. The van der Waals surface area contributed by atoms with Crippen molar-refractivity contribution in [3.8, 4) is 0 Å². The number of aryl methyl sites for hydroxylation is 1. The van der Waals surface area contributed by atoms with Crippen LogP contribution in [0.3, 0.4) is 0 Å². The van der Waals surface area contributed by atoms with Crippen LogP contribution in [0.2, 0.25) is 0 Å². The van der Waals surface area contributed by atoms with Gasteiger partial charge >= 0.3 is 6.03 Å². The van der Waals surface area contributed by atoms with Gasteiger partial charge in [0.1, 0.15) is 11.6 Å². The molecule has 5 heterocycles. The summed E-state index contributed by atoms with van der Waals surface area (Å²) in [5.74, 6) is 0.603. The number of pyridine rings is 2. The number of nitrogens with zero attached hydrogens (tertiary/aromatic N) is 6. The van der Waals surface area contributed by atoms with Gasteiger partial charge in [-0.2, -0.15) is 5.10 Å². The molecule has 10 heteroatoms. The van der Waals surface area contributed by atoms with Crippen LogP contribution >= 0.6 is 0 Å². The fourth-order valence-corrected chi connectivity index (χ4v) is 4.40. The highest BCUT2D eigenvalue weighted by atomic mass is 19.1. The normalized spacial score (nSPS) is 17.8. The monoisotopic (exact) mass is 424 g/mol. The molecular formula is C21H25FN8O. The van der Waals surface area contributed by atoms with Crippen molar-refractivity contribution in [2.75, 3.05) is 41.3 Å². The molecule has 0 aliphatic carbocycles. The zero-order chi connectivity index (χ0) is 21.8. The number of piperazine rings is 1. The topological polar surface area (TPSA) is 90.7 Å². The number of carbonyl (C=O) groups excluding carboxylic acids is 1. The molecule has 0 saturated carbocycles. The molecule has 2 aliphatic heterocycles. The Morgan fingerprint density at radius 2 is 2.16 bits per heavy atom. The number of hydrogen-bond donors (Lipinski definition) is 2. The van der Waals surface area contributed by atoms with Crippen molar-refractivity contribution in [3.63, 3.8) is 0 Å². The maximum atomic E-state index is 14.5. The molecule has 2 amide bonds.